The van der Waals surface area contributed by atoms with Gasteiger partial charge in [-0.1, -0.05) is 0 Å². The lowest BCUT2D eigenvalue weighted by Gasteiger charge is -2.49. The van der Waals surface area contributed by atoms with Gasteiger partial charge in [-0.2, -0.15) is 0 Å². The van der Waals surface area contributed by atoms with Crippen molar-refractivity contribution >= 4 is 28.4 Å². The summed E-state index contributed by atoms with van der Waals surface area (Å²) in [5.74, 6) is 1.95. The fraction of sp³-hybridized carbons (Fsp3) is 0.625. The number of hydrogen-bond donors (Lipinski definition) is 4. The van der Waals surface area contributed by atoms with Crippen molar-refractivity contribution < 1.29 is 4.79 Å². The van der Waals surface area contributed by atoms with E-state index in [0.29, 0.717) is 30.7 Å². The van der Waals surface area contributed by atoms with Gasteiger partial charge in [0.15, 0.2) is 0 Å². The molecule has 3 unspecified atom stereocenters. The molecule has 178 valence electrons. The first-order valence-corrected chi connectivity index (χ1v) is 12.2. The van der Waals surface area contributed by atoms with Crippen LogP contribution in [0.15, 0.2) is 24.4 Å². The van der Waals surface area contributed by atoms with Gasteiger partial charge in [0.25, 0.3) is 0 Å². The van der Waals surface area contributed by atoms with Crippen molar-refractivity contribution in [3.8, 4) is 0 Å². The van der Waals surface area contributed by atoms with Crippen molar-refractivity contribution in [1.82, 2.24) is 30.6 Å². The van der Waals surface area contributed by atoms with E-state index in [1.807, 2.05) is 37.3 Å². The Morgan fingerprint density at radius 2 is 1.97 bits per heavy atom. The minimum Gasteiger partial charge on any atom is -0.367 e. The van der Waals surface area contributed by atoms with Crippen molar-refractivity contribution in [2.75, 3.05) is 31.3 Å². The molecule has 5 heterocycles. The number of amides is 1. The monoisotopic (exact) mass is 452 g/mol. The van der Waals surface area contributed by atoms with Crippen LogP contribution in [0.2, 0.25) is 0 Å². The molecule has 0 radical (unpaired) electrons. The molecule has 5 atom stereocenters. The molecule has 9 heteroatoms. The van der Waals surface area contributed by atoms with Crippen LogP contribution in [-0.4, -0.2) is 76.6 Å². The number of carbonyl (C=O) groups excluding carboxylic acids is 1. The van der Waals surface area contributed by atoms with Crippen molar-refractivity contribution in [2.45, 2.75) is 75.8 Å². The highest BCUT2D eigenvalue weighted by molar-refractivity contribution is 5.91. The van der Waals surface area contributed by atoms with E-state index in [0.717, 1.165) is 54.6 Å². The van der Waals surface area contributed by atoms with E-state index in [4.69, 9.17) is 4.98 Å². The number of carbonyl (C=O) groups is 1. The molecule has 2 bridgehead atoms. The second-order valence-electron chi connectivity index (χ2n) is 10.1. The van der Waals surface area contributed by atoms with E-state index in [1.165, 1.54) is 6.42 Å². The van der Waals surface area contributed by atoms with Crippen LogP contribution in [0.4, 0.5) is 11.6 Å². The van der Waals surface area contributed by atoms with Gasteiger partial charge in [0, 0.05) is 41.8 Å². The Morgan fingerprint density at radius 1 is 1.18 bits per heavy atom. The summed E-state index contributed by atoms with van der Waals surface area (Å²) < 4.78 is 0. The number of hydrogen-bond acceptors (Lipinski definition) is 8. The Kier molecular flexibility index (Phi) is 6.36. The van der Waals surface area contributed by atoms with Crippen LogP contribution in [-0.2, 0) is 4.79 Å². The molecule has 2 aromatic heterocycles. The zero-order chi connectivity index (χ0) is 22.9. The number of nitrogens with zero attached hydrogens (tertiary/aromatic N) is 4. The van der Waals surface area contributed by atoms with Crippen molar-refractivity contribution in [3.63, 3.8) is 0 Å². The minimum atomic E-state index is 0.131. The summed E-state index contributed by atoms with van der Waals surface area (Å²) in [6.07, 6.45) is 8.24. The quantitative estimate of drug-likeness (QED) is 0.529. The smallest absolute Gasteiger partial charge is 0.237 e. The molecule has 0 aliphatic carbocycles. The number of rotatable bonds is 6. The summed E-state index contributed by atoms with van der Waals surface area (Å²) in [6, 6.07) is 7.38. The first-order valence-electron chi connectivity index (χ1n) is 12.2. The molecule has 3 fully saturated rings. The summed E-state index contributed by atoms with van der Waals surface area (Å²) in [5.41, 5.74) is 7.45. The molecule has 0 saturated carbocycles. The first-order chi connectivity index (χ1) is 16.0. The van der Waals surface area contributed by atoms with E-state index < -0.39 is 0 Å². The molecular formula is C24H36N8O. The highest BCUT2D eigenvalue weighted by Crippen LogP contribution is 2.36. The standard InChI is InChI=1S/C24H36N8O/c1-15-10-22(30-29-15)27-21-13-20-19(8-5-9-25-20)24(28-21)26-16-11-17-6-4-7-18(12-16)32(17)23(33)14-31(2)3/h5,8-9,13,15-18,22,29-30H,4,6-7,10-12,14H2,1-3H3,(H2,26,27,28)/t15?,16?,17-,18+,22?. The van der Waals surface area contributed by atoms with Gasteiger partial charge in [0.2, 0.25) is 5.91 Å². The van der Waals surface area contributed by atoms with Gasteiger partial charge >= 0.3 is 0 Å². The highest BCUT2D eigenvalue weighted by Gasteiger charge is 2.41. The van der Waals surface area contributed by atoms with E-state index in [-0.39, 0.29) is 12.1 Å². The van der Waals surface area contributed by atoms with Gasteiger partial charge in [0.1, 0.15) is 11.6 Å². The normalized spacial score (nSPS) is 29.5. The third-order valence-electron chi connectivity index (χ3n) is 7.07. The molecule has 4 N–H and O–H groups in total. The summed E-state index contributed by atoms with van der Waals surface area (Å²) >= 11 is 0. The molecule has 0 spiro atoms. The predicted molar refractivity (Wildman–Crippen MR) is 131 cm³/mol. The van der Waals surface area contributed by atoms with Gasteiger partial charge < -0.3 is 20.4 Å². The van der Waals surface area contributed by atoms with Gasteiger partial charge in [-0.15, -0.1) is 0 Å². The fourth-order valence-corrected chi connectivity index (χ4v) is 5.70. The molecule has 3 aliphatic heterocycles. The number of hydrazine groups is 1. The lowest BCUT2D eigenvalue weighted by atomic mass is 9.81. The molecular weight excluding hydrogens is 416 g/mol. The molecule has 33 heavy (non-hydrogen) atoms. The first kappa shape index (κ1) is 22.3. The maximum absolute atomic E-state index is 12.9. The summed E-state index contributed by atoms with van der Waals surface area (Å²) in [5, 5.41) is 8.28. The van der Waals surface area contributed by atoms with Crippen molar-refractivity contribution in [3.05, 3.63) is 24.4 Å². The van der Waals surface area contributed by atoms with E-state index in [2.05, 4.69) is 44.4 Å². The topological polar surface area (TPSA) is 97.5 Å². The van der Waals surface area contributed by atoms with Gasteiger partial charge in [-0.3, -0.25) is 15.2 Å². The molecule has 3 saturated heterocycles. The second kappa shape index (κ2) is 9.40. The third-order valence-corrected chi connectivity index (χ3v) is 7.07. The number of nitrogens with one attached hydrogen (secondary N) is 4. The van der Waals surface area contributed by atoms with E-state index in [9.17, 15) is 4.79 Å². The maximum Gasteiger partial charge on any atom is 0.237 e. The van der Waals surface area contributed by atoms with Gasteiger partial charge in [-0.05, 0) is 71.7 Å². The lowest BCUT2D eigenvalue weighted by Crippen LogP contribution is -2.58. The van der Waals surface area contributed by atoms with Gasteiger partial charge in [0.05, 0.1) is 18.2 Å². The summed E-state index contributed by atoms with van der Waals surface area (Å²) in [7, 11) is 3.93. The van der Waals surface area contributed by atoms with Crippen LogP contribution in [0.25, 0.3) is 10.9 Å². The number of pyridine rings is 2. The molecule has 5 rings (SSSR count). The molecule has 9 nitrogen and oxygen atoms in total. The van der Waals surface area contributed by atoms with Crippen LogP contribution in [0.1, 0.15) is 45.4 Å². The van der Waals surface area contributed by atoms with Crippen LogP contribution < -0.4 is 21.5 Å². The Morgan fingerprint density at radius 3 is 2.67 bits per heavy atom. The molecule has 0 aromatic carbocycles. The second-order valence-corrected chi connectivity index (χ2v) is 10.1. The number of anilines is 2. The predicted octanol–water partition coefficient (Wildman–Crippen LogP) is 2.14. The van der Waals surface area contributed by atoms with Crippen LogP contribution in [0.3, 0.4) is 0 Å². The average Bonchev–Trinajstić information content (AvgIpc) is 3.17. The summed E-state index contributed by atoms with van der Waals surface area (Å²) in [4.78, 5) is 26.6. The zero-order valence-electron chi connectivity index (χ0n) is 19.8. The van der Waals surface area contributed by atoms with E-state index >= 15 is 0 Å². The minimum absolute atomic E-state index is 0.131. The fourth-order valence-electron chi connectivity index (χ4n) is 5.70. The zero-order valence-corrected chi connectivity index (χ0v) is 19.8. The number of likely N-dealkylation sites (N-methyl/N-ethyl adjacent to an activating group) is 1. The van der Waals surface area contributed by atoms with Crippen molar-refractivity contribution in [2.24, 2.45) is 0 Å². The van der Waals surface area contributed by atoms with Crippen LogP contribution >= 0.6 is 0 Å². The number of piperidine rings is 2. The van der Waals surface area contributed by atoms with Crippen molar-refractivity contribution in [1.29, 1.82) is 0 Å². The Hall–Kier alpha value is -2.49. The lowest BCUT2D eigenvalue weighted by molar-refractivity contribution is -0.141. The average molecular weight is 453 g/mol. The largest absolute Gasteiger partial charge is 0.367 e. The SMILES string of the molecule is CC1CC(Nc2cc3ncccc3c(NC3C[C@H]4CCC[C@@H](C3)N4C(=O)CN(C)C)n2)NN1. The Bertz CT molecular complexity index is 984. The maximum atomic E-state index is 12.9. The third kappa shape index (κ3) is 4.90. The highest BCUT2D eigenvalue weighted by atomic mass is 16.2. The number of fused-ring (bicyclic) bond motifs is 3. The molecule has 2 aromatic rings. The molecule has 1 amide bonds. The Labute approximate surface area is 195 Å². The number of aromatic nitrogens is 2. The molecule has 3 aliphatic rings. The van der Waals surface area contributed by atoms with Gasteiger partial charge in [-0.25, -0.2) is 10.4 Å². The Balaban J connectivity index is 1.35. The van der Waals surface area contributed by atoms with E-state index in [1.54, 1.807) is 0 Å². The summed E-state index contributed by atoms with van der Waals surface area (Å²) in [6.45, 7) is 2.64. The van der Waals surface area contributed by atoms with Crippen LogP contribution in [0, 0.1) is 0 Å². The van der Waals surface area contributed by atoms with Crippen LogP contribution in [0.5, 0.6) is 0 Å².